The molecule has 3 nitrogen and oxygen atoms in total. The molecule has 1 aromatic rings. The fraction of sp³-hybridized carbons (Fsp3) is 0.364. The van der Waals surface area contributed by atoms with Crippen LogP contribution < -0.4 is 0 Å². The largest absolute Gasteiger partial charge is 0.503 e. The summed E-state index contributed by atoms with van der Waals surface area (Å²) in [5.74, 6) is 0. The lowest BCUT2D eigenvalue weighted by molar-refractivity contribution is 0.137. The number of rotatable bonds is 2. The number of hydrogen-bond donors (Lipinski definition) is 2. The first-order valence-corrected chi connectivity index (χ1v) is 4.59. The van der Waals surface area contributed by atoms with Crippen LogP contribution in [0, 0.1) is 0 Å². The highest BCUT2D eigenvalue weighted by molar-refractivity contribution is 5.53. The van der Waals surface area contributed by atoms with E-state index in [0.717, 1.165) is 12.8 Å². The van der Waals surface area contributed by atoms with Crippen LogP contribution >= 0.6 is 0 Å². The van der Waals surface area contributed by atoms with Gasteiger partial charge < -0.3 is 10.2 Å². The van der Waals surface area contributed by atoms with Gasteiger partial charge in [0.1, 0.15) is 0 Å². The highest BCUT2D eigenvalue weighted by Crippen LogP contribution is 2.04. The first-order valence-electron chi connectivity index (χ1n) is 4.59. The Morgan fingerprint density at radius 2 is 1.21 bits per heavy atom. The lowest BCUT2D eigenvalue weighted by Crippen LogP contribution is -1.81. The Hall–Kier alpha value is -1.51. The van der Waals surface area contributed by atoms with Crippen molar-refractivity contribution < 1.29 is 15.0 Å². The molecule has 0 fully saturated rings. The molecule has 3 heteroatoms. The highest BCUT2D eigenvalue weighted by atomic mass is 16.6. The Bertz CT molecular complexity index is 237. The fourth-order valence-corrected chi connectivity index (χ4v) is 1.01. The van der Waals surface area contributed by atoms with Crippen molar-refractivity contribution in [2.24, 2.45) is 0 Å². The summed E-state index contributed by atoms with van der Waals surface area (Å²) < 4.78 is 0. The summed E-state index contributed by atoms with van der Waals surface area (Å²) in [5.41, 5.74) is 2.86. The van der Waals surface area contributed by atoms with E-state index < -0.39 is 6.16 Å². The number of aryl methyl sites for hydroxylation is 2. The Morgan fingerprint density at radius 1 is 1.00 bits per heavy atom. The monoisotopic (exact) mass is 196 g/mol. The van der Waals surface area contributed by atoms with Crippen molar-refractivity contribution in [3.8, 4) is 0 Å². The average molecular weight is 196 g/mol. The number of carbonyl (C=O) groups is 1. The second-order valence-electron chi connectivity index (χ2n) is 2.81. The molecule has 0 saturated carbocycles. The molecule has 0 aromatic heterocycles. The fourth-order valence-electron chi connectivity index (χ4n) is 1.01. The smallest absolute Gasteiger partial charge is 0.450 e. The van der Waals surface area contributed by atoms with Gasteiger partial charge in [0.05, 0.1) is 0 Å². The minimum Gasteiger partial charge on any atom is -0.450 e. The Kier molecular flexibility index (Phi) is 6.20. The van der Waals surface area contributed by atoms with Gasteiger partial charge in [-0.25, -0.2) is 4.79 Å². The molecule has 78 valence electrons. The van der Waals surface area contributed by atoms with Gasteiger partial charge in [0.2, 0.25) is 0 Å². The van der Waals surface area contributed by atoms with Gasteiger partial charge in [-0.05, 0) is 24.0 Å². The Morgan fingerprint density at radius 3 is 1.36 bits per heavy atom. The van der Waals surface area contributed by atoms with E-state index >= 15 is 0 Å². The maximum absolute atomic E-state index is 8.56. The summed E-state index contributed by atoms with van der Waals surface area (Å²) in [6.07, 6.45) is 0.452. The molecule has 0 aliphatic carbocycles. The van der Waals surface area contributed by atoms with Crippen LogP contribution in [0.25, 0.3) is 0 Å². The zero-order valence-electron chi connectivity index (χ0n) is 8.53. The van der Waals surface area contributed by atoms with Gasteiger partial charge in [-0.2, -0.15) is 0 Å². The van der Waals surface area contributed by atoms with Crippen LogP contribution in [0.4, 0.5) is 4.79 Å². The van der Waals surface area contributed by atoms with E-state index in [9.17, 15) is 0 Å². The van der Waals surface area contributed by atoms with Gasteiger partial charge in [0, 0.05) is 0 Å². The summed E-state index contributed by atoms with van der Waals surface area (Å²) in [5, 5.41) is 13.9. The van der Waals surface area contributed by atoms with Crippen molar-refractivity contribution in [2.75, 3.05) is 0 Å². The molecule has 0 amide bonds. The van der Waals surface area contributed by atoms with Crippen LogP contribution in [0.2, 0.25) is 0 Å². The lowest BCUT2D eigenvalue weighted by atomic mass is 10.1. The number of carboxylic acid groups (broad SMARTS) is 2. The molecule has 0 bridgehead atoms. The number of hydrogen-bond acceptors (Lipinski definition) is 1. The SMILES string of the molecule is CCc1ccc(CC)cc1.O=C(O)O. The zero-order chi connectivity index (χ0) is 11.0. The van der Waals surface area contributed by atoms with E-state index in [2.05, 4.69) is 38.1 Å². The molecular weight excluding hydrogens is 180 g/mol. The predicted octanol–water partition coefficient (Wildman–Crippen LogP) is 3.03. The van der Waals surface area contributed by atoms with Crippen LogP contribution in [-0.4, -0.2) is 16.4 Å². The molecule has 1 aromatic carbocycles. The molecule has 1 rings (SSSR count). The van der Waals surface area contributed by atoms with Crippen LogP contribution in [-0.2, 0) is 12.8 Å². The van der Waals surface area contributed by atoms with E-state index in [1.54, 1.807) is 0 Å². The third kappa shape index (κ3) is 6.06. The molecule has 0 heterocycles. The van der Waals surface area contributed by atoms with Crippen molar-refractivity contribution in [3.63, 3.8) is 0 Å². The normalized spacial score (nSPS) is 8.71. The van der Waals surface area contributed by atoms with Crippen molar-refractivity contribution in [3.05, 3.63) is 35.4 Å². The Labute approximate surface area is 84.0 Å². The second-order valence-corrected chi connectivity index (χ2v) is 2.81. The molecule has 0 spiro atoms. The van der Waals surface area contributed by atoms with Crippen molar-refractivity contribution in [1.29, 1.82) is 0 Å². The van der Waals surface area contributed by atoms with Gasteiger partial charge in [-0.3, -0.25) is 0 Å². The number of benzene rings is 1. The summed E-state index contributed by atoms with van der Waals surface area (Å²) in [6.45, 7) is 4.36. The Balaban J connectivity index is 0.000000364. The van der Waals surface area contributed by atoms with Gasteiger partial charge in [0.15, 0.2) is 0 Å². The third-order valence-electron chi connectivity index (χ3n) is 1.84. The second kappa shape index (κ2) is 6.95. The van der Waals surface area contributed by atoms with Crippen LogP contribution in [0.15, 0.2) is 24.3 Å². The minimum absolute atomic E-state index is 1.14. The first kappa shape index (κ1) is 12.5. The van der Waals surface area contributed by atoms with Gasteiger partial charge in [0.25, 0.3) is 0 Å². The standard InChI is InChI=1S/C10H14.CH2O3/c1-3-9-5-7-10(4-2)8-6-9;2-1(3)4/h5-8H,3-4H2,1-2H3;(H2,2,3,4). The molecule has 0 aliphatic rings. The maximum atomic E-state index is 8.56. The molecule has 0 saturated heterocycles. The quantitative estimate of drug-likeness (QED) is 0.764. The van der Waals surface area contributed by atoms with Crippen LogP contribution in [0.3, 0.4) is 0 Å². The molecule has 0 radical (unpaired) electrons. The average Bonchev–Trinajstić information content (AvgIpc) is 2.17. The summed E-state index contributed by atoms with van der Waals surface area (Å²) in [7, 11) is 0. The predicted molar refractivity (Wildman–Crippen MR) is 55.9 cm³/mol. The molecule has 0 unspecified atom stereocenters. The molecule has 2 N–H and O–H groups in total. The van der Waals surface area contributed by atoms with E-state index in [0.29, 0.717) is 0 Å². The molecule has 0 aliphatic heterocycles. The lowest BCUT2D eigenvalue weighted by Gasteiger charge is -1.97. The van der Waals surface area contributed by atoms with Crippen molar-refractivity contribution in [1.82, 2.24) is 0 Å². The minimum atomic E-state index is -1.83. The zero-order valence-corrected chi connectivity index (χ0v) is 8.53. The summed E-state index contributed by atoms with van der Waals surface area (Å²) in [6, 6.07) is 8.83. The maximum Gasteiger partial charge on any atom is 0.503 e. The topological polar surface area (TPSA) is 57.5 Å². The van der Waals surface area contributed by atoms with E-state index in [4.69, 9.17) is 15.0 Å². The van der Waals surface area contributed by atoms with Gasteiger partial charge in [-0.15, -0.1) is 0 Å². The molecule has 0 atom stereocenters. The van der Waals surface area contributed by atoms with Crippen molar-refractivity contribution in [2.45, 2.75) is 26.7 Å². The first-order chi connectivity index (χ1) is 6.60. The van der Waals surface area contributed by atoms with Gasteiger partial charge in [-0.1, -0.05) is 38.1 Å². The van der Waals surface area contributed by atoms with E-state index in [1.807, 2.05) is 0 Å². The summed E-state index contributed by atoms with van der Waals surface area (Å²) in [4.78, 5) is 8.56. The van der Waals surface area contributed by atoms with E-state index in [-0.39, 0.29) is 0 Å². The van der Waals surface area contributed by atoms with Gasteiger partial charge >= 0.3 is 6.16 Å². The molecule has 14 heavy (non-hydrogen) atoms. The third-order valence-corrected chi connectivity index (χ3v) is 1.84. The van der Waals surface area contributed by atoms with Crippen LogP contribution in [0.5, 0.6) is 0 Å². The van der Waals surface area contributed by atoms with Crippen LogP contribution in [0.1, 0.15) is 25.0 Å². The van der Waals surface area contributed by atoms with E-state index in [1.165, 1.54) is 11.1 Å². The highest BCUT2D eigenvalue weighted by Gasteiger charge is 1.88. The van der Waals surface area contributed by atoms with Crippen molar-refractivity contribution >= 4 is 6.16 Å². The summed E-state index contributed by atoms with van der Waals surface area (Å²) >= 11 is 0. The molecular formula is C11H16O3.